The molecule has 4 rings (SSSR count). The van der Waals surface area contributed by atoms with Crippen molar-refractivity contribution in [1.29, 1.82) is 0 Å². The first-order chi connectivity index (χ1) is 12.1. The number of nitrogens with zero attached hydrogens (tertiary/aromatic N) is 2. The van der Waals surface area contributed by atoms with Gasteiger partial charge in [0.05, 0.1) is 18.3 Å². The summed E-state index contributed by atoms with van der Waals surface area (Å²) < 4.78 is 5.85. The summed E-state index contributed by atoms with van der Waals surface area (Å²) in [6.07, 6.45) is 3.90. The van der Waals surface area contributed by atoms with E-state index in [1.54, 1.807) is 0 Å². The third kappa shape index (κ3) is 3.77. The van der Waals surface area contributed by atoms with Crippen LogP contribution in [-0.2, 0) is 11.2 Å². The van der Waals surface area contributed by atoms with E-state index in [4.69, 9.17) is 4.74 Å². The van der Waals surface area contributed by atoms with Crippen molar-refractivity contribution in [3.63, 3.8) is 0 Å². The standard InChI is InChI=1S/C21H32N2O2/c1-15-12-22(13-16(2)25-15)14-17-7-9-23(10-8-17)20-11-18-5-3-4-6-19(18)21(20)24/h3-6,15-17,20-21,24H,7-14H2,1-2H3. The van der Waals surface area contributed by atoms with Gasteiger partial charge in [-0.1, -0.05) is 24.3 Å². The van der Waals surface area contributed by atoms with Crippen molar-refractivity contribution in [2.24, 2.45) is 5.92 Å². The topological polar surface area (TPSA) is 35.9 Å². The van der Waals surface area contributed by atoms with Gasteiger partial charge in [0, 0.05) is 25.7 Å². The number of benzene rings is 1. The molecule has 0 spiro atoms. The second-order valence-electron chi connectivity index (χ2n) is 8.37. The highest BCUT2D eigenvalue weighted by atomic mass is 16.5. The van der Waals surface area contributed by atoms with Crippen LogP contribution in [0.2, 0.25) is 0 Å². The summed E-state index contributed by atoms with van der Waals surface area (Å²) in [5.74, 6) is 0.787. The Morgan fingerprint density at radius 2 is 1.76 bits per heavy atom. The van der Waals surface area contributed by atoms with Crippen LogP contribution in [0.4, 0.5) is 0 Å². The highest BCUT2D eigenvalue weighted by Gasteiger charge is 2.36. The number of fused-ring (bicyclic) bond motifs is 1. The Morgan fingerprint density at radius 1 is 1.08 bits per heavy atom. The second-order valence-corrected chi connectivity index (χ2v) is 8.37. The summed E-state index contributed by atoms with van der Waals surface area (Å²) in [7, 11) is 0. The minimum atomic E-state index is -0.311. The number of ether oxygens (including phenoxy) is 1. The number of aliphatic hydroxyl groups is 1. The van der Waals surface area contributed by atoms with Crippen molar-refractivity contribution in [3.8, 4) is 0 Å². The fourth-order valence-electron chi connectivity index (χ4n) is 5.15. The lowest BCUT2D eigenvalue weighted by molar-refractivity contribution is -0.0740. The van der Waals surface area contributed by atoms with Crippen molar-refractivity contribution in [1.82, 2.24) is 9.80 Å². The highest BCUT2D eigenvalue weighted by Crippen LogP contribution is 2.36. The number of likely N-dealkylation sites (tertiary alicyclic amines) is 1. The molecule has 4 nitrogen and oxygen atoms in total. The summed E-state index contributed by atoms with van der Waals surface area (Å²) in [6, 6.07) is 8.67. The third-order valence-corrected chi connectivity index (χ3v) is 6.30. The minimum Gasteiger partial charge on any atom is -0.387 e. The van der Waals surface area contributed by atoms with Crippen molar-refractivity contribution < 1.29 is 9.84 Å². The predicted octanol–water partition coefficient (Wildman–Crippen LogP) is 2.47. The SMILES string of the molecule is CC1CN(CC2CCN(C3Cc4ccccc4C3O)CC2)CC(C)O1. The average molecular weight is 344 g/mol. The van der Waals surface area contributed by atoms with E-state index in [2.05, 4.69) is 41.8 Å². The molecule has 0 radical (unpaired) electrons. The normalized spacial score (nSPS) is 35.0. The largest absolute Gasteiger partial charge is 0.387 e. The molecule has 25 heavy (non-hydrogen) atoms. The number of hydrogen-bond donors (Lipinski definition) is 1. The predicted molar refractivity (Wildman–Crippen MR) is 99.6 cm³/mol. The number of morpholine rings is 1. The van der Waals surface area contributed by atoms with Gasteiger partial charge in [-0.05, 0) is 63.2 Å². The Kier molecular flexibility index (Phi) is 5.14. The van der Waals surface area contributed by atoms with E-state index >= 15 is 0 Å². The van der Waals surface area contributed by atoms with Gasteiger partial charge >= 0.3 is 0 Å². The van der Waals surface area contributed by atoms with Crippen molar-refractivity contribution in [2.45, 2.75) is 57.5 Å². The van der Waals surface area contributed by atoms with E-state index < -0.39 is 0 Å². The van der Waals surface area contributed by atoms with Crippen LogP contribution in [0, 0.1) is 5.92 Å². The first kappa shape index (κ1) is 17.5. The molecule has 1 aliphatic carbocycles. The molecule has 4 heteroatoms. The maximum atomic E-state index is 10.7. The van der Waals surface area contributed by atoms with Gasteiger partial charge in [0.1, 0.15) is 0 Å². The first-order valence-electron chi connectivity index (χ1n) is 9.98. The molecule has 2 heterocycles. The molecule has 2 aliphatic heterocycles. The molecule has 2 saturated heterocycles. The molecule has 0 aromatic heterocycles. The average Bonchev–Trinajstić information content (AvgIpc) is 2.92. The molecule has 1 aromatic carbocycles. The van der Waals surface area contributed by atoms with Gasteiger partial charge in [0.2, 0.25) is 0 Å². The van der Waals surface area contributed by atoms with E-state index in [0.29, 0.717) is 12.2 Å². The van der Waals surface area contributed by atoms with E-state index in [1.807, 2.05) is 6.07 Å². The third-order valence-electron chi connectivity index (χ3n) is 6.30. The monoisotopic (exact) mass is 344 g/mol. The molecule has 0 saturated carbocycles. The molecule has 138 valence electrons. The van der Waals surface area contributed by atoms with Gasteiger partial charge in [-0.25, -0.2) is 0 Å². The lowest BCUT2D eigenvalue weighted by atomic mass is 9.94. The van der Waals surface area contributed by atoms with Gasteiger partial charge in [-0.3, -0.25) is 9.80 Å². The van der Waals surface area contributed by atoms with Crippen LogP contribution in [0.5, 0.6) is 0 Å². The van der Waals surface area contributed by atoms with Crippen LogP contribution < -0.4 is 0 Å². The van der Waals surface area contributed by atoms with Crippen LogP contribution in [-0.4, -0.2) is 65.9 Å². The van der Waals surface area contributed by atoms with Gasteiger partial charge in [-0.15, -0.1) is 0 Å². The van der Waals surface area contributed by atoms with Gasteiger partial charge in [-0.2, -0.15) is 0 Å². The fourth-order valence-corrected chi connectivity index (χ4v) is 5.15. The summed E-state index contributed by atoms with van der Waals surface area (Å²) in [6.45, 7) is 9.96. The molecule has 3 aliphatic rings. The molecular formula is C21H32N2O2. The lowest BCUT2D eigenvalue weighted by Crippen LogP contribution is -2.49. The Balaban J connectivity index is 1.29. The van der Waals surface area contributed by atoms with E-state index in [-0.39, 0.29) is 12.1 Å². The Hall–Kier alpha value is -0.940. The van der Waals surface area contributed by atoms with Gasteiger partial charge in [0.15, 0.2) is 0 Å². The van der Waals surface area contributed by atoms with E-state index in [0.717, 1.165) is 44.1 Å². The summed E-state index contributed by atoms with van der Waals surface area (Å²) in [5.41, 5.74) is 2.48. The van der Waals surface area contributed by atoms with Crippen molar-refractivity contribution in [2.75, 3.05) is 32.7 Å². The summed E-state index contributed by atoms with van der Waals surface area (Å²) in [4.78, 5) is 5.13. The van der Waals surface area contributed by atoms with E-state index in [1.165, 1.54) is 24.9 Å². The van der Waals surface area contributed by atoms with Crippen LogP contribution in [0.25, 0.3) is 0 Å². The Morgan fingerprint density at radius 3 is 2.44 bits per heavy atom. The maximum Gasteiger partial charge on any atom is 0.0951 e. The molecule has 2 fully saturated rings. The smallest absolute Gasteiger partial charge is 0.0951 e. The Labute approximate surface area is 151 Å². The second kappa shape index (κ2) is 7.36. The van der Waals surface area contributed by atoms with Crippen molar-refractivity contribution >= 4 is 0 Å². The van der Waals surface area contributed by atoms with Crippen LogP contribution >= 0.6 is 0 Å². The zero-order valence-electron chi connectivity index (χ0n) is 15.6. The zero-order chi connectivity index (χ0) is 17.4. The molecule has 1 N–H and O–H groups in total. The molecule has 1 aromatic rings. The Bertz CT molecular complexity index is 575. The molecule has 0 amide bonds. The van der Waals surface area contributed by atoms with Crippen LogP contribution in [0.15, 0.2) is 24.3 Å². The minimum absolute atomic E-state index is 0.279. The molecule has 0 bridgehead atoms. The lowest BCUT2D eigenvalue weighted by Gasteiger charge is -2.41. The van der Waals surface area contributed by atoms with Gasteiger partial charge in [0.25, 0.3) is 0 Å². The maximum absolute atomic E-state index is 10.7. The summed E-state index contributed by atoms with van der Waals surface area (Å²) >= 11 is 0. The highest BCUT2D eigenvalue weighted by molar-refractivity contribution is 5.35. The summed E-state index contributed by atoms with van der Waals surface area (Å²) in [5, 5.41) is 10.7. The molecular weight excluding hydrogens is 312 g/mol. The number of hydrogen-bond acceptors (Lipinski definition) is 4. The quantitative estimate of drug-likeness (QED) is 0.914. The number of aliphatic hydroxyl groups excluding tert-OH is 1. The first-order valence-corrected chi connectivity index (χ1v) is 9.98. The van der Waals surface area contributed by atoms with Gasteiger partial charge < -0.3 is 9.84 Å². The van der Waals surface area contributed by atoms with Crippen molar-refractivity contribution in [3.05, 3.63) is 35.4 Å². The fraction of sp³-hybridized carbons (Fsp3) is 0.714. The molecule has 4 unspecified atom stereocenters. The van der Waals surface area contributed by atoms with E-state index in [9.17, 15) is 5.11 Å². The zero-order valence-corrected chi connectivity index (χ0v) is 15.6. The van der Waals surface area contributed by atoms with Crippen LogP contribution in [0.1, 0.15) is 43.9 Å². The number of rotatable bonds is 3. The number of piperidine rings is 1. The van der Waals surface area contributed by atoms with Crippen LogP contribution in [0.3, 0.4) is 0 Å². The molecule has 4 atom stereocenters.